The summed E-state index contributed by atoms with van der Waals surface area (Å²) in [5.74, 6) is -0.0611. The predicted molar refractivity (Wildman–Crippen MR) is 105 cm³/mol. The lowest BCUT2D eigenvalue weighted by Gasteiger charge is -2.15. The van der Waals surface area contributed by atoms with E-state index >= 15 is 0 Å². The SMILES string of the molecule is Cc1cccc(C)c1NCC(=O)NCC(N)c1ccccc1.Cl.Cl. The van der Waals surface area contributed by atoms with Crippen LogP contribution in [0.2, 0.25) is 0 Å². The molecule has 0 bridgehead atoms. The number of hydrogen-bond acceptors (Lipinski definition) is 3. The maximum atomic E-state index is 11.9. The molecular formula is C18H25Cl2N3O. The summed E-state index contributed by atoms with van der Waals surface area (Å²) >= 11 is 0. The number of nitrogens with one attached hydrogen (secondary N) is 2. The largest absolute Gasteiger partial charge is 0.376 e. The first-order chi connectivity index (χ1) is 10.6. The van der Waals surface area contributed by atoms with Crippen molar-refractivity contribution in [3.8, 4) is 0 Å². The van der Waals surface area contributed by atoms with Gasteiger partial charge in [0, 0.05) is 18.3 Å². The average molecular weight is 370 g/mol. The van der Waals surface area contributed by atoms with Gasteiger partial charge in [-0.1, -0.05) is 48.5 Å². The fraction of sp³-hybridized carbons (Fsp3) is 0.278. The number of halogens is 2. The fourth-order valence-electron chi connectivity index (χ4n) is 2.37. The van der Waals surface area contributed by atoms with Gasteiger partial charge in [0.25, 0.3) is 0 Å². The standard InChI is InChI=1S/C18H23N3O.2ClH/c1-13-7-6-8-14(2)18(13)21-12-17(22)20-11-16(19)15-9-4-3-5-10-15;;/h3-10,16,21H,11-12,19H2,1-2H3,(H,20,22);2*1H. The number of benzene rings is 2. The van der Waals surface area contributed by atoms with E-state index in [4.69, 9.17) is 5.73 Å². The minimum atomic E-state index is -0.189. The molecule has 2 aromatic rings. The molecule has 2 rings (SSSR count). The van der Waals surface area contributed by atoms with Gasteiger partial charge in [-0.3, -0.25) is 4.79 Å². The Balaban J connectivity index is 0.00000264. The van der Waals surface area contributed by atoms with Crippen molar-refractivity contribution in [2.45, 2.75) is 19.9 Å². The van der Waals surface area contributed by atoms with Gasteiger partial charge in [-0.05, 0) is 30.5 Å². The summed E-state index contributed by atoms with van der Waals surface area (Å²) < 4.78 is 0. The molecular weight excluding hydrogens is 345 g/mol. The number of nitrogens with two attached hydrogens (primary N) is 1. The first kappa shape index (κ1) is 22.2. The first-order valence-electron chi connectivity index (χ1n) is 7.45. The van der Waals surface area contributed by atoms with E-state index in [1.807, 2.05) is 62.4 Å². The van der Waals surface area contributed by atoms with Crippen LogP contribution in [0, 0.1) is 13.8 Å². The van der Waals surface area contributed by atoms with E-state index in [0.717, 1.165) is 22.4 Å². The third-order valence-corrected chi connectivity index (χ3v) is 3.65. The maximum Gasteiger partial charge on any atom is 0.239 e. The molecule has 0 aliphatic carbocycles. The Hall–Kier alpha value is -1.75. The molecule has 0 saturated carbocycles. The Morgan fingerprint density at radius 3 is 2.17 bits per heavy atom. The van der Waals surface area contributed by atoms with E-state index in [9.17, 15) is 4.79 Å². The lowest BCUT2D eigenvalue weighted by molar-refractivity contribution is -0.119. The molecule has 0 aliphatic rings. The van der Waals surface area contributed by atoms with Crippen molar-refractivity contribution in [1.82, 2.24) is 5.32 Å². The lowest BCUT2D eigenvalue weighted by Crippen LogP contribution is -2.35. The quantitative estimate of drug-likeness (QED) is 0.730. The Bertz CT molecular complexity index is 615. The van der Waals surface area contributed by atoms with Crippen LogP contribution in [-0.2, 0) is 4.79 Å². The van der Waals surface area contributed by atoms with Crippen LogP contribution in [0.4, 0.5) is 5.69 Å². The van der Waals surface area contributed by atoms with Crippen LogP contribution >= 0.6 is 24.8 Å². The molecule has 0 aliphatic heterocycles. The smallest absolute Gasteiger partial charge is 0.239 e. The van der Waals surface area contributed by atoms with Gasteiger partial charge in [-0.2, -0.15) is 0 Å². The second-order valence-electron chi connectivity index (χ2n) is 5.44. The van der Waals surface area contributed by atoms with E-state index < -0.39 is 0 Å². The average Bonchev–Trinajstić information content (AvgIpc) is 2.53. The third-order valence-electron chi connectivity index (χ3n) is 3.65. The highest BCUT2D eigenvalue weighted by atomic mass is 35.5. The van der Waals surface area contributed by atoms with E-state index in [-0.39, 0.29) is 43.3 Å². The Kier molecular flexibility index (Phi) is 10.1. The summed E-state index contributed by atoms with van der Waals surface area (Å²) in [7, 11) is 0. The van der Waals surface area contributed by atoms with Gasteiger partial charge in [0.2, 0.25) is 5.91 Å². The highest BCUT2D eigenvalue weighted by molar-refractivity contribution is 5.85. The minimum Gasteiger partial charge on any atom is -0.376 e. The molecule has 1 unspecified atom stereocenters. The van der Waals surface area contributed by atoms with Gasteiger partial charge in [0.15, 0.2) is 0 Å². The van der Waals surface area contributed by atoms with Gasteiger partial charge in [-0.25, -0.2) is 0 Å². The number of para-hydroxylation sites is 1. The highest BCUT2D eigenvalue weighted by Gasteiger charge is 2.08. The predicted octanol–water partition coefficient (Wildman–Crippen LogP) is 3.38. The van der Waals surface area contributed by atoms with Crippen LogP contribution in [-0.4, -0.2) is 19.0 Å². The van der Waals surface area contributed by atoms with Crippen molar-refractivity contribution < 1.29 is 4.79 Å². The van der Waals surface area contributed by atoms with Crippen LogP contribution in [0.15, 0.2) is 48.5 Å². The van der Waals surface area contributed by atoms with Gasteiger partial charge < -0.3 is 16.4 Å². The summed E-state index contributed by atoms with van der Waals surface area (Å²) in [4.78, 5) is 11.9. The lowest BCUT2D eigenvalue weighted by atomic mass is 10.1. The molecule has 0 radical (unpaired) electrons. The van der Waals surface area contributed by atoms with Gasteiger partial charge >= 0.3 is 0 Å². The monoisotopic (exact) mass is 369 g/mol. The van der Waals surface area contributed by atoms with Crippen LogP contribution < -0.4 is 16.4 Å². The molecule has 2 aromatic carbocycles. The zero-order valence-electron chi connectivity index (χ0n) is 13.9. The molecule has 0 saturated heterocycles. The molecule has 4 N–H and O–H groups in total. The van der Waals surface area contributed by atoms with Crippen molar-refractivity contribution in [2.75, 3.05) is 18.4 Å². The van der Waals surface area contributed by atoms with Gasteiger partial charge in [0.1, 0.15) is 0 Å². The summed E-state index contributed by atoms with van der Waals surface area (Å²) in [6, 6.07) is 15.6. The molecule has 6 heteroatoms. The van der Waals surface area contributed by atoms with E-state index in [0.29, 0.717) is 6.54 Å². The molecule has 24 heavy (non-hydrogen) atoms. The highest BCUT2D eigenvalue weighted by Crippen LogP contribution is 2.18. The number of carbonyl (C=O) groups excluding carboxylic acids is 1. The maximum absolute atomic E-state index is 11.9. The first-order valence-corrected chi connectivity index (χ1v) is 7.45. The van der Waals surface area contributed by atoms with Crippen LogP contribution in [0.1, 0.15) is 22.7 Å². The number of hydrogen-bond donors (Lipinski definition) is 3. The number of aryl methyl sites for hydroxylation is 2. The number of amides is 1. The normalized spacial score (nSPS) is 10.8. The second-order valence-corrected chi connectivity index (χ2v) is 5.44. The number of anilines is 1. The zero-order valence-corrected chi connectivity index (χ0v) is 15.5. The molecule has 4 nitrogen and oxygen atoms in total. The van der Waals surface area contributed by atoms with Crippen molar-refractivity contribution in [2.24, 2.45) is 5.73 Å². The van der Waals surface area contributed by atoms with Crippen molar-refractivity contribution in [1.29, 1.82) is 0 Å². The summed E-state index contributed by atoms with van der Waals surface area (Å²) in [6.45, 7) is 4.72. The van der Waals surface area contributed by atoms with Crippen molar-refractivity contribution in [3.05, 3.63) is 65.2 Å². The van der Waals surface area contributed by atoms with Crippen LogP contribution in [0.5, 0.6) is 0 Å². The number of rotatable bonds is 6. The molecule has 0 aromatic heterocycles. The second kappa shape index (κ2) is 10.9. The fourth-order valence-corrected chi connectivity index (χ4v) is 2.37. The summed E-state index contributed by atoms with van der Waals surface area (Å²) in [6.07, 6.45) is 0. The number of carbonyl (C=O) groups is 1. The third kappa shape index (κ3) is 6.40. The van der Waals surface area contributed by atoms with Gasteiger partial charge in [-0.15, -0.1) is 24.8 Å². The Labute approximate surface area is 156 Å². The topological polar surface area (TPSA) is 67.2 Å². The van der Waals surface area contributed by atoms with Crippen molar-refractivity contribution in [3.63, 3.8) is 0 Å². The Morgan fingerprint density at radius 1 is 1.00 bits per heavy atom. The Morgan fingerprint density at radius 2 is 1.58 bits per heavy atom. The van der Waals surface area contributed by atoms with E-state index in [1.54, 1.807) is 0 Å². The van der Waals surface area contributed by atoms with E-state index in [2.05, 4.69) is 10.6 Å². The summed E-state index contributed by atoms with van der Waals surface area (Å²) in [5.41, 5.74) is 10.4. The molecule has 132 valence electrons. The van der Waals surface area contributed by atoms with E-state index in [1.165, 1.54) is 0 Å². The molecule has 0 spiro atoms. The molecule has 1 amide bonds. The zero-order chi connectivity index (χ0) is 15.9. The van der Waals surface area contributed by atoms with Crippen molar-refractivity contribution >= 4 is 36.4 Å². The molecule has 0 fully saturated rings. The van der Waals surface area contributed by atoms with Gasteiger partial charge in [0.05, 0.1) is 6.54 Å². The molecule has 0 heterocycles. The summed E-state index contributed by atoms with van der Waals surface area (Å²) in [5, 5.41) is 6.06. The minimum absolute atomic E-state index is 0. The molecule has 1 atom stereocenters. The van der Waals surface area contributed by atoms with Crippen LogP contribution in [0.3, 0.4) is 0 Å². The van der Waals surface area contributed by atoms with Crippen LogP contribution in [0.25, 0.3) is 0 Å².